The number of aromatic nitrogens is 2. The molecule has 6 nitrogen and oxygen atoms in total. The lowest BCUT2D eigenvalue weighted by molar-refractivity contribution is 0.0785. The van der Waals surface area contributed by atoms with Crippen LogP contribution in [0.5, 0.6) is 0 Å². The second-order valence-electron chi connectivity index (χ2n) is 3.69. The molecule has 1 N–H and O–H groups in total. The summed E-state index contributed by atoms with van der Waals surface area (Å²) < 4.78 is 0. The molecular weight excluding hydrogens is 226 g/mol. The highest BCUT2D eigenvalue weighted by Crippen LogP contribution is 2.15. The Morgan fingerprint density at radius 2 is 2.00 bits per heavy atom. The van der Waals surface area contributed by atoms with Crippen molar-refractivity contribution in [2.24, 2.45) is 0 Å². The zero-order chi connectivity index (χ0) is 12.1. The average Bonchev–Trinajstić information content (AvgIpc) is 2.73. The number of likely N-dealkylation sites (N-methyl/N-ethyl adjacent to an activating group) is 2. The summed E-state index contributed by atoms with van der Waals surface area (Å²) in [5.41, 5.74) is 0. The van der Waals surface area contributed by atoms with E-state index in [4.69, 9.17) is 0 Å². The maximum atomic E-state index is 11.9. The van der Waals surface area contributed by atoms with E-state index in [1.165, 1.54) is 11.3 Å². The minimum atomic E-state index is -0.0825. The first-order valence-corrected chi connectivity index (χ1v) is 5.77. The lowest BCUT2D eigenvalue weighted by Crippen LogP contribution is -2.33. The number of amides is 1. The predicted octanol–water partition coefficient (Wildman–Crippen LogP) is 0.213. The third kappa shape index (κ3) is 3.42. The largest absolute Gasteiger partial charge is 0.363 e. The van der Waals surface area contributed by atoms with Crippen molar-refractivity contribution in [2.45, 2.75) is 0 Å². The van der Waals surface area contributed by atoms with Gasteiger partial charge in [-0.25, -0.2) is 0 Å². The summed E-state index contributed by atoms with van der Waals surface area (Å²) in [6.45, 7) is 1.51. The first-order valence-electron chi connectivity index (χ1n) is 4.96. The van der Waals surface area contributed by atoms with E-state index in [1.54, 1.807) is 19.0 Å². The van der Waals surface area contributed by atoms with Gasteiger partial charge in [0.05, 0.1) is 0 Å². The highest BCUT2D eigenvalue weighted by molar-refractivity contribution is 7.17. The fourth-order valence-corrected chi connectivity index (χ4v) is 1.72. The summed E-state index contributed by atoms with van der Waals surface area (Å²) in [4.78, 5) is 15.6. The topological polar surface area (TPSA) is 61.4 Å². The van der Waals surface area contributed by atoms with Crippen LogP contribution in [0.15, 0.2) is 0 Å². The van der Waals surface area contributed by atoms with Gasteiger partial charge in [0, 0.05) is 27.2 Å². The van der Waals surface area contributed by atoms with Gasteiger partial charge in [-0.3, -0.25) is 4.79 Å². The molecule has 0 atom stereocenters. The number of anilines is 1. The zero-order valence-electron chi connectivity index (χ0n) is 10.0. The Morgan fingerprint density at radius 1 is 1.31 bits per heavy atom. The molecule has 90 valence electrons. The van der Waals surface area contributed by atoms with E-state index in [2.05, 4.69) is 15.5 Å². The molecule has 1 heterocycles. The van der Waals surface area contributed by atoms with Crippen LogP contribution in [0, 0.1) is 0 Å². The summed E-state index contributed by atoms with van der Waals surface area (Å²) in [7, 11) is 7.47. The molecule has 0 saturated heterocycles. The summed E-state index contributed by atoms with van der Waals surface area (Å²) in [6.07, 6.45) is 0. The van der Waals surface area contributed by atoms with Crippen LogP contribution >= 0.6 is 11.3 Å². The Bertz CT molecular complexity index is 351. The van der Waals surface area contributed by atoms with Crippen LogP contribution in [0.3, 0.4) is 0 Å². The van der Waals surface area contributed by atoms with Gasteiger partial charge in [0.15, 0.2) is 0 Å². The van der Waals surface area contributed by atoms with E-state index in [9.17, 15) is 4.79 Å². The molecule has 0 bridgehead atoms. The quantitative estimate of drug-likeness (QED) is 0.801. The number of nitrogens with one attached hydrogen (secondary N) is 1. The van der Waals surface area contributed by atoms with E-state index < -0.39 is 0 Å². The van der Waals surface area contributed by atoms with Crippen LogP contribution in [0.4, 0.5) is 5.13 Å². The summed E-state index contributed by atoms with van der Waals surface area (Å²) >= 11 is 1.27. The Kier molecular flexibility index (Phi) is 4.63. The molecule has 7 heteroatoms. The lowest BCUT2D eigenvalue weighted by atomic mass is 10.5. The average molecular weight is 243 g/mol. The maximum absolute atomic E-state index is 11.9. The number of nitrogens with zero attached hydrogens (tertiary/aromatic N) is 4. The van der Waals surface area contributed by atoms with Crippen LogP contribution in [0.25, 0.3) is 0 Å². The first-order chi connectivity index (χ1) is 7.54. The van der Waals surface area contributed by atoms with Gasteiger partial charge in [-0.1, -0.05) is 11.3 Å². The molecule has 1 aromatic heterocycles. The third-order valence-electron chi connectivity index (χ3n) is 2.05. The van der Waals surface area contributed by atoms with E-state index in [-0.39, 0.29) is 5.91 Å². The van der Waals surface area contributed by atoms with E-state index in [0.717, 1.165) is 6.54 Å². The predicted molar refractivity (Wildman–Crippen MR) is 65.0 cm³/mol. The van der Waals surface area contributed by atoms with Crippen LogP contribution < -0.4 is 5.32 Å². The van der Waals surface area contributed by atoms with Crippen molar-refractivity contribution in [3.63, 3.8) is 0 Å². The number of rotatable bonds is 5. The zero-order valence-corrected chi connectivity index (χ0v) is 10.8. The number of carbonyl (C=O) groups is 1. The van der Waals surface area contributed by atoms with Gasteiger partial charge in [-0.2, -0.15) is 0 Å². The van der Waals surface area contributed by atoms with Crippen molar-refractivity contribution in [1.29, 1.82) is 0 Å². The van der Waals surface area contributed by atoms with E-state index in [0.29, 0.717) is 16.7 Å². The molecular formula is C9H17N5OS. The van der Waals surface area contributed by atoms with Crippen LogP contribution in [-0.4, -0.2) is 67.2 Å². The molecule has 0 aliphatic heterocycles. The number of carbonyl (C=O) groups excluding carboxylic acids is 1. The fourth-order valence-electron chi connectivity index (χ4n) is 1.03. The SMILES string of the molecule is CNc1nnc(C(=O)N(C)CCN(C)C)s1. The molecule has 0 aliphatic carbocycles. The van der Waals surface area contributed by atoms with Gasteiger partial charge in [0.2, 0.25) is 10.1 Å². The molecule has 16 heavy (non-hydrogen) atoms. The first kappa shape index (κ1) is 12.9. The van der Waals surface area contributed by atoms with E-state index in [1.807, 2.05) is 19.0 Å². The highest BCUT2D eigenvalue weighted by atomic mass is 32.1. The monoisotopic (exact) mass is 243 g/mol. The van der Waals surface area contributed by atoms with Gasteiger partial charge >= 0.3 is 0 Å². The Hall–Kier alpha value is -1.21. The number of hydrogen-bond acceptors (Lipinski definition) is 6. The molecule has 1 amide bonds. The van der Waals surface area contributed by atoms with Crippen molar-refractivity contribution < 1.29 is 4.79 Å². The van der Waals surface area contributed by atoms with Crippen LogP contribution in [-0.2, 0) is 0 Å². The van der Waals surface area contributed by atoms with Gasteiger partial charge < -0.3 is 15.1 Å². The lowest BCUT2D eigenvalue weighted by Gasteiger charge is -2.18. The van der Waals surface area contributed by atoms with Gasteiger partial charge in [0.25, 0.3) is 5.91 Å². The van der Waals surface area contributed by atoms with Gasteiger partial charge in [-0.15, -0.1) is 10.2 Å². The van der Waals surface area contributed by atoms with E-state index >= 15 is 0 Å². The minimum Gasteiger partial charge on any atom is -0.363 e. The molecule has 0 fully saturated rings. The maximum Gasteiger partial charge on any atom is 0.284 e. The molecule has 0 unspecified atom stereocenters. The molecule has 0 radical (unpaired) electrons. The smallest absolute Gasteiger partial charge is 0.284 e. The molecule has 1 rings (SSSR count). The minimum absolute atomic E-state index is 0.0825. The van der Waals surface area contributed by atoms with Crippen molar-refractivity contribution in [1.82, 2.24) is 20.0 Å². The molecule has 0 saturated carbocycles. The normalized spacial score (nSPS) is 10.6. The molecule has 1 aromatic rings. The highest BCUT2D eigenvalue weighted by Gasteiger charge is 2.16. The van der Waals surface area contributed by atoms with Gasteiger partial charge in [-0.05, 0) is 14.1 Å². The van der Waals surface area contributed by atoms with Gasteiger partial charge in [0.1, 0.15) is 0 Å². The molecule has 0 aromatic carbocycles. The summed E-state index contributed by atoms with van der Waals surface area (Å²) in [5.74, 6) is -0.0825. The molecule has 0 aliphatic rings. The van der Waals surface area contributed by atoms with Crippen molar-refractivity contribution in [2.75, 3.05) is 46.6 Å². The summed E-state index contributed by atoms with van der Waals surface area (Å²) in [5, 5.41) is 11.6. The van der Waals surface area contributed by atoms with Crippen molar-refractivity contribution in [3.05, 3.63) is 5.01 Å². The van der Waals surface area contributed by atoms with Crippen molar-refractivity contribution in [3.8, 4) is 0 Å². The fraction of sp³-hybridized carbons (Fsp3) is 0.667. The number of hydrogen-bond donors (Lipinski definition) is 1. The molecule has 0 spiro atoms. The Labute approximate surface area is 99.3 Å². The second-order valence-corrected chi connectivity index (χ2v) is 4.67. The van der Waals surface area contributed by atoms with Crippen LogP contribution in [0.1, 0.15) is 9.80 Å². The Balaban J connectivity index is 2.56. The van der Waals surface area contributed by atoms with Crippen LogP contribution in [0.2, 0.25) is 0 Å². The standard InChI is InChI=1S/C9H17N5OS/c1-10-9-12-11-7(16-9)8(15)14(4)6-5-13(2)3/h5-6H2,1-4H3,(H,10,12). The van der Waals surface area contributed by atoms with Crippen molar-refractivity contribution >= 4 is 22.4 Å². The third-order valence-corrected chi connectivity index (χ3v) is 2.98. The second kappa shape index (κ2) is 5.76. The Morgan fingerprint density at radius 3 is 2.50 bits per heavy atom. The summed E-state index contributed by atoms with van der Waals surface area (Å²) in [6, 6.07) is 0.